The second-order valence-corrected chi connectivity index (χ2v) is 7.35. The molecule has 1 atom stereocenters. The molecule has 1 aliphatic rings. The van der Waals surface area contributed by atoms with E-state index in [2.05, 4.69) is 10.1 Å². The van der Waals surface area contributed by atoms with Gasteiger partial charge in [0.15, 0.2) is 5.78 Å². The number of nitrogens with one attached hydrogen (secondary N) is 1. The van der Waals surface area contributed by atoms with Gasteiger partial charge in [-0.2, -0.15) is 0 Å². The van der Waals surface area contributed by atoms with Crippen LogP contribution in [0.2, 0.25) is 0 Å². The number of benzene rings is 1. The van der Waals surface area contributed by atoms with Crippen molar-refractivity contribution in [1.29, 1.82) is 0 Å². The zero-order valence-corrected chi connectivity index (χ0v) is 15.2. The van der Waals surface area contributed by atoms with Crippen LogP contribution < -0.4 is 10.1 Å². The standard InChI is InChI=1S/C18H21F4NO4/c1-16(2,3)27-15(25)23-17(9-5-4-6-14(17)24)12-10-11(7-8-13(12)19)26-18(20,21)22/h7-8,10H,4-6,9H2,1-3H3,(H,23,25). The van der Waals surface area contributed by atoms with Crippen LogP contribution in [-0.4, -0.2) is 23.8 Å². The van der Waals surface area contributed by atoms with E-state index in [1.807, 2.05) is 0 Å². The van der Waals surface area contributed by atoms with Gasteiger partial charge in [0.25, 0.3) is 0 Å². The molecule has 1 saturated carbocycles. The predicted octanol–water partition coefficient (Wildman–Crippen LogP) is 4.59. The minimum absolute atomic E-state index is 0.0392. The molecular formula is C18H21F4NO4. The summed E-state index contributed by atoms with van der Waals surface area (Å²) in [4.78, 5) is 24.9. The molecule has 150 valence electrons. The number of Topliss-reactive ketones (excluding diaryl/α,β-unsaturated/α-hetero) is 1. The third-order valence-electron chi connectivity index (χ3n) is 4.03. The van der Waals surface area contributed by atoms with Gasteiger partial charge < -0.3 is 14.8 Å². The van der Waals surface area contributed by atoms with Gasteiger partial charge in [-0.3, -0.25) is 4.79 Å². The highest BCUT2D eigenvalue weighted by molar-refractivity contribution is 5.93. The highest BCUT2D eigenvalue weighted by Crippen LogP contribution is 2.38. The topological polar surface area (TPSA) is 64.6 Å². The van der Waals surface area contributed by atoms with Gasteiger partial charge in [-0.1, -0.05) is 0 Å². The maximum Gasteiger partial charge on any atom is 0.573 e. The molecule has 9 heteroatoms. The Morgan fingerprint density at radius 1 is 1.19 bits per heavy atom. The van der Waals surface area contributed by atoms with Crippen molar-refractivity contribution in [2.24, 2.45) is 0 Å². The molecule has 2 rings (SSSR count). The maximum absolute atomic E-state index is 14.5. The van der Waals surface area contributed by atoms with E-state index in [0.717, 1.165) is 18.2 Å². The molecule has 1 fully saturated rings. The van der Waals surface area contributed by atoms with E-state index in [4.69, 9.17) is 4.74 Å². The van der Waals surface area contributed by atoms with Crippen LogP contribution in [0.5, 0.6) is 5.75 Å². The molecule has 0 aromatic heterocycles. The van der Waals surface area contributed by atoms with E-state index in [1.54, 1.807) is 20.8 Å². The molecule has 27 heavy (non-hydrogen) atoms. The fraction of sp³-hybridized carbons (Fsp3) is 0.556. The van der Waals surface area contributed by atoms with E-state index in [1.165, 1.54) is 0 Å². The largest absolute Gasteiger partial charge is 0.573 e. The lowest BCUT2D eigenvalue weighted by Crippen LogP contribution is -2.54. The number of alkyl carbamates (subject to hydrolysis) is 1. The first-order chi connectivity index (χ1) is 12.3. The van der Waals surface area contributed by atoms with Crippen molar-refractivity contribution in [2.75, 3.05) is 0 Å². The van der Waals surface area contributed by atoms with Crippen LogP contribution in [0.25, 0.3) is 0 Å². The molecule has 0 bridgehead atoms. The molecule has 0 spiro atoms. The summed E-state index contributed by atoms with van der Waals surface area (Å²) in [5, 5.41) is 2.40. The van der Waals surface area contributed by atoms with Crippen LogP contribution in [0.4, 0.5) is 22.4 Å². The number of alkyl halides is 3. The van der Waals surface area contributed by atoms with E-state index in [9.17, 15) is 27.2 Å². The molecule has 0 saturated heterocycles. The van der Waals surface area contributed by atoms with Gasteiger partial charge in [0.2, 0.25) is 0 Å². The maximum atomic E-state index is 14.5. The lowest BCUT2D eigenvalue weighted by molar-refractivity contribution is -0.274. The highest BCUT2D eigenvalue weighted by Gasteiger charge is 2.46. The number of hydrogen-bond acceptors (Lipinski definition) is 4. The van der Waals surface area contributed by atoms with Crippen LogP contribution in [0.3, 0.4) is 0 Å². The normalized spacial score (nSPS) is 20.9. The summed E-state index contributed by atoms with van der Waals surface area (Å²) >= 11 is 0. The first-order valence-electron chi connectivity index (χ1n) is 8.43. The number of halogens is 4. The van der Waals surface area contributed by atoms with Gasteiger partial charge >= 0.3 is 12.5 Å². The Labute approximate surface area is 154 Å². The Balaban J connectivity index is 2.47. The van der Waals surface area contributed by atoms with Crippen LogP contribution in [0, 0.1) is 5.82 Å². The first kappa shape index (κ1) is 21.0. The number of rotatable bonds is 3. The van der Waals surface area contributed by atoms with E-state index in [0.29, 0.717) is 12.8 Å². The van der Waals surface area contributed by atoms with Gasteiger partial charge in [-0.15, -0.1) is 13.2 Å². The monoisotopic (exact) mass is 391 g/mol. The number of hydrogen-bond donors (Lipinski definition) is 1. The first-order valence-corrected chi connectivity index (χ1v) is 8.43. The smallest absolute Gasteiger partial charge is 0.444 e. The second-order valence-electron chi connectivity index (χ2n) is 7.35. The summed E-state index contributed by atoms with van der Waals surface area (Å²) in [5.41, 5.74) is -3.06. The number of ether oxygens (including phenoxy) is 2. The number of carbonyl (C=O) groups is 2. The Morgan fingerprint density at radius 2 is 1.85 bits per heavy atom. The van der Waals surface area contributed by atoms with E-state index in [-0.39, 0.29) is 18.4 Å². The molecule has 1 amide bonds. The van der Waals surface area contributed by atoms with Crippen molar-refractivity contribution in [3.05, 3.63) is 29.6 Å². The molecule has 1 N–H and O–H groups in total. The van der Waals surface area contributed by atoms with Gasteiger partial charge in [0, 0.05) is 12.0 Å². The fourth-order valence-electron chi connectivity index (χ4n) is 3.02. The van der Waals surface area contributed by atoms with Crippen molar-refractivity contribution in [2.45, 2.75) is 64.0 Å². The number of amides is 1. The average molecular weight is 391 g/mol. The van der Waals surface area contributed by atoms with Gasteiger partial charge in [-0.05, 0) is 58.2 Å². The van der Waals surface area contributed by atoms with Crippen LogP contribution in [-0.2, 0) is 15.1 Å². The molecule has 1 aliphatic carbocycles. The van der Waals surface area contributed by atoms with Crippen LogP contribution in [0.1, 0.15) is 52.0 Å². The Hall–Kier alpha value is -2.32. The summed E-state index contributed by atoms with van der Waals surface area (Å²) in [6.07, 6.45) is -4.82. The number of carbonyl (C=O) groups excluding carboxylic acids is 2. The minimum atomic E-state index is -4.97. The van der Waals surface area contributed by atoms with Crippen molar-refractivity contribution in [3.8, 4) is 5.75 Å². The molecule has 1 aromatic carbocycles. The minimum Gasteiger partial charge on any atom is -0.444 e. The molecule has 1 aromatic rings. The van der Waals surface area contributed by atoms with Crippen molar-refractivity contribution >= 4 is 11.9 Å². The van der Waals surface area contributed by atoms with Gasteiger partial charge in [0.05, 0.1) is 0 Å². The summed E-state index contributed by atoms with van der Waals surface area (Å²) in [7, 11) is 0. The second kappa shape index (κ2) is 7.36. The van der Waals surface area contributed by atoms with Crippen molar-refractivity contribution in [1.82, 2.24) is 5.32 Å². The third-order valence-corrected chi connectivity index (χ3v) is 4.03. The van der Waals surface area contributed by atoms with Gasteiger partial charge in [0.1, 0.15) is 22.7 Å². The molecule has 5 nitrogen and oxygen atoms in total. The quantitative estimate of drug-likeness (QED) is 0.766. The van der Waals surface area contributed by atoms with Crippen LogP contribution >= 0.6 is 0 Å². The summed E-state index contributed by atoms with van der Waals surface area (Å²) in [6.45, 7) is 4.83. The van der Waals surface area contributed by atoms with E-state index >= 15 is 0 Å². The number of ketones is 1. The van der Waals surface area contributed by atoms with Crippen molar-refractivity contribution in [3.63, 3.8) is 0 Å². The third kappa shape index (κ3) is 5.33. The zero-order chi connectivity index (χ0) is 20.5. The lowest BCUT2D eigenvalue weighted by atomic mass is 9.75. The van der Waals surface area contributed by atoms with E-state index < -0.39 is 40.9 Å². The Morgan fingerprint density at radius 3 is 2.41 bits per heavy atom. The predicted molar refractivity (Wildman–Crippen MR) is 87.6 cm³/mol. The molecule has 0 radical (unpaired) electrons. The molecular weight excluding hydrogens is 370 g/mol. The summed E-state index contributed by atoms with van der Waals surface area (Å²) in [6, 6.07) is 2.38. The molecule has 0 aliphatic heterocycles. The SMILES string of the molecule is CC(C)(C)OC(=O)NC1(c2cc(OC(F)(F)F)ccc2F)CCCCC1=O. The summed E-state index contributed by atoms with van der Waals surface area (Å²) < 4.78 is 61.0. The van der Waals surface area contributed by atoms with Gasteiger partial charge in [-0.25, -0.2) is 9.18 Å². The highest BCUT2D eigenvalue weighted by atomic mass is 19.4. The Bertz CT molecular complexity index is 727. The van der Waals surface area contributed by atoms with Crippen LogP contribution in [0.15, 0.2) is 18.2 Å². The zero-order valence-electron chi connectivity index (χ0n) is 15.2. The average Bonchev–Trinajstić information content (AvgIpc) is 2.48. The molecule has 1 unspecified atom stereocenters. The lowest BCUT2D eigenvalue weighted by Gasteiger charge is -2.37. The fourth-order valence-corrected chi connectivity index (χ4v) is 3.02. The van der Waals surface area contributed by atoms with Crippen molar-refractivity contribution < 1.29 is 36.6 Å². The molecule has 0 heterocycles. The summed E-state index contributed by atoms with van der Waals surface area (Å²) in [5.74, 6) is -2.10. The Kier molecular flexibility index (Phi) is 5.72.